The monoisotopic (exact) mass is 295 g/mol. The molecule has 0 aliphatic carbocycles. The molecule has 1 aliphatic rings. The highest BCUT2D eigenvalue weighted by Crippen LogP contribution is 2.15. The first-order chi connectivity index (χ1) is 9.78. The first-order valence-electron chi connectivity index (χ1n) is 7.11. The lowest BCUT2D eigenvalue weighted by atomic mass is 10.1. The number of aliphatic hydroxyl groups excluding tert-OH is 1. The van der Waals surface area contributed by atoms with Crippen molar-refractivity contribution in [1.29, 1.82) is 0 Å². The standard InChI is InChI=1S/C16H22ClNO2/c17-16-6-1-4-14(10-16)11-18(7-3-8-19)12-15-5-2-9-20-13-15/h1,4-6,10,19H,2-3,7-9,11-13H2. The number of rotatable bonds is 7. The summed E-state index contributed by atoms with van der Waals surface area (Å²) < 4.78 is 5.49. The number of hydrogen-bond acceptors (Lipinski definition) is 3. The molecular weight excluding hydrogens is 274 g/mol. The summed E-state index contributed by atoms with van der Waals surface area (Å²) in [6.45, 7) is 4.39. The van der Waals surface area contributed by atoms with Gasteiger partial charge >= 0.3 is 0 Å². The normalized spacial score (nSPS) is 15.4. The molecule has 0 atom stereocenters. The largest absolute Gasteiger partial charge is 0.396 e. The van der Waals surface area contributed by atoms with E-state index in [2.05, 4.69) is 17.0 Å². The smallest absolute Gasteiger partial charge is 0.0689 e. The summed E-state index contributed by atoms with van der Waals surface area (Å²) in [7, 11) is 0. The van der Waals surface area contributed by atoms with Crippen LogP contribution in [0, 0.1) is 0 Å². The van der Waals surface area contributed by atoms with Crippen molar-refractivity contribution in [2.45, 2.75) is 19.4 Å². The Labute approximate surface area is 125 Å². The Bertz CT molecular complexity index is 448. The van der Waals surface area contributed by atoms with Crippen molar-refractivity contribution in [3.05, 3.63) is 46.5 Å². The molecule has 0 spiro atoms. The number of nitrogens with zero attached hydrogens (tertiary/aromatic N) is 1. The SMILES string of the molecule is OCCCN(CC1=CCCOC1)Cc1cccc(Cl)c1. The molecule has 0 aromatic heterocycles. The third kappa shape index (κ3) is 5.25. The summed E-state index contributed by atoms with van der Waals surface area (Å²) in [5.41, 5.74) is 2.53. The maximum atomic E-state index is 9.04. The van der Waals surface area contributed by atoms with E-state index in [0.29, 0.717) is 0 Å². The van der Waals surface area contributed by atoms with Crippen LogP contribution in [0.2, 0.25) is 5.02 Å². The Morgan fingerprint density at radius 2 is 2.20 bits per heavy atom. The van der Waals surface area contributed by atoms with Crippen molar-refractivity contribution < 1.29 is 9.84 Å². The summed E-state index contributed by atoms with van der Waals surface area (Å²) in [6, 6.07) is 7.95. The highest BCUT2D eigenvalue weighted by molar-refractivity contribution is 6.30. The van der Waals surface area contributed by atoms with Crippen molar-refractivity contribution in [1.82, 2.24) is 4.90 Å². The lowest BCUT2D eigenvalue weighted by molar-refractivity contribution is 0.139. The first-order valence-corrected chi connectivity index (χ1v) is 7.49. The Balaban J connectivity index is 1.97. The number of halogens is 1. The highest BCUT2D eigenvalue weighted by Gasteiger charge is 2.11. The zero-order valence-corrected chi connectivity index (χ0v) is 12.5. The van der Waals surface area contributed by atoms with Gasteiger partial charge in [0.2, 0.25) is 0 Å². The zero-order valence-electron chi connectivity index (χ0n) is 11.7. The number of aliphatic hydroxyl groups is 1. The average molecular weight is 296 g/mol. The molecule has 1 aromatic carbocycles. The van der Waals surface area contributed by atoms with Crippen LogP contribution in [0.4, 0.5) is 0 Å². The van der Waals surface area contributed by atoms with Crippen molar-refractivity contribution in [2.24, 2.45) is 0 Å². The minimum Gasteiger partial charge on any atom is -0.396 e. The van der Waals surface area contributed by atoms with Crippen LogP contribution in [-0.4, -0.2) is 42.9 Å². The number of hydrogen-bond donors (Lipinski definition) is 1. The van der Waals surface area contributed by atoms with Gasteiger partial charge in [0, 0.05) is 31.3 Å². The van der Waals surface area contributed by atoms with Crippen LogP contribution in [0.5, 0.6) is 0 Å². The minimum atomic E-state index is 0.224. The number of benzene rings is 1. The van der Waals surface area contributed by atoms with Gasteiger partial charge in [-0.25, -0.2) is 0 Å². The summed E-state index contributed by atoms with van der Waals surface area (Å²) >= 11 is 6.03. The van der Waals surface area contributed by atoms with Gasteiger partial charge in [-0.05, 0) is 36.1 Å². The molecule has 0 saturated heterocycles. The molecule has 0 bridgehead atoms. The van der Waals surface area contributed by atoms with E-state index >= 15 is 0 Å². The van der Waals surface area contributed by atoms with Crippen LogP contribution in [0.15, 0.2) is 35.9 Å². The van der Waals surface area contributed by atoms with E-state index in [1.807, 2.05) is 18.2 Å². The molecule has 0 saturated carbocycles. The topological polar surface area (TPSA) is 32.7 Å². The minimum absolute atomic E-state index is 0.224. The molecule has 2 rings (SSSR count). The van der Waals surface area contributed by atoms with Gasteiger partial charge < -0.3 is 9.84 Å². The van der Waals surface area contributed by atoms with Crippen molar-refractivity contribution in [2.75, 3.05) is 32.9 Å². The molecule has 4 heteroatoms. The molecular formula is C16H22ClNO2. The Kier molecular flexibility index (Phi) is 6.54. The lowest BCUT2D eigenvalue weighted by Crippen LogP contribution is -2.29. The Hall–Kier alpha value is -0.870. The third-order valence-corrected chi connectivity index (χ3v) is 3.57. The number of ether oxygens (including phenoxy) is 1. The molecule has 1 heterocycles. The summed E-state index contributed by atoms with van der Waals surface area (Å²) in [5, 5.41) is 9.81. The van der Waals surface area contributed by atoms with Gasteiger partial charge in [-0.1, -0.05) is 29.8 Å². The molecule has 1 aromatic rings. The third-order valence-electron chi connectivity index (χ3n) is 3.34. The van der Waals surface area contributed by atoms with E-state index in [0.717, 1.165) is 50.7 Å². The maximum Gasteiger partial charge on any atom is 0.0689 e. The van der Waals surface area contributed by atoms with Crippen molar-refractivity contribution >= 4 is 11.6 Å². The van der Waals surface area contributed by atoms with Gasteiger partial charge in [-0.2, -0.15) is 0 Å². The predicted octanol–water partition coefficient (Wildman–Crippen LogP) is 2.87. The van der Waals surface area contributed by atoms with E-state index in [9.17, 15) is 0 Å². The lowest BCUT2D eigenvalue weighted by Gasteiger charge is -2.25. The second-order valence-corrected chi connectivity index (χ2v) is 5.56. The Morgan fingerprint density at radius 3 is 2.90 bits per heavy atom. The molecule has 0 unspecified atom stereocenters. The van der Waals surface area contributed by atoms with Gasteiger partial charge in [0.25, 0.3) is 0 Å². The Morgan fingerprint density at radius 1 is 1.30 bits per heavy atom. The molecule has 1 aliphatic heterocycles. The summed E-state index contributed by atoms with van der Waals surface area (Å²) in [4.78, 5) is 2.34. The predicted molar refractivity (Wildman–Crippen MR) is 82.0 cm³/mol. The van der Waals surface area contributed by atoms with Crippen LogP contribution in [-0.2, 0) is 11.3 Å². The van der Waals surface area contributed by atoms with Crippen LogP contribution in [0.25, 0.3) is 0 Å². The fourth-order valence-electron chi connectivity index (χ4n) is 2.41. The molecule has 0 radical (unpaired) electrons. The molecule has 110 valence electrons. The van der Waals surface area contributed by atoms with Gasteiger partial charge in [-0.3, -0.25) is 4.90 Å². The summed E-state index contributed by atoms with van der Waals surface area (Å²) in [5.74, 6) is 0. The van der Waals surface area contributed by atoms with Gasteiger partial charge in [0.1, 0.15) is 0 Å². The van der Waals surface area contributed by atoms with Crippen molar-refractivity contribution in [3.8, 4) is 0 Å². The average Bonchev–Trinajstić information content (AvgIpc) is 2.46. The van der Waals surface area contributed by atoms with Crippen LogP contribution in [0.3, 0.4) is 0 Å². The van der Waals surface area contributed by atoms with Crippen molar-refractivity contribution in [3.63, 3.8) is 0 Å². The van der Waals surface area contributed by atoms with E-state index in [1.165, 1.54) is 11.1 Å². The highest BCUT2D eigenvalue weighted by atomic mass is 35.5. The summed E-state index contributed by atoms with van der Waals surface area (Å²) in [6.07, 6.45) is 4.06. The van der Waals surface area contributed by atoms with E-state index in [-0.39, 0.29) is 6.61 Å². The van der Waals surface area contributed by atoms with E-state index in [1.54, 1.807) is 0 Å². The maximum absolute atomic E-state index is 9.04. The van der Waals surface area contributed by atoms with Gasteiger partial charge in [0.15, 0.2) is 0 Å². The molecule has 0 fully saturated rings. The van der Waals surface area contributed by atoms with Gasteiger partial charge in [-0.15, -0.1) is 0 Å². The fraction of sp³-hybridized carbons (Fsp3) is 0.500. The second kappa shape index (κ2) is 8.42. The van der Waals surface area contributed by atoms with E-state index < -0.39 is 0 Å². The second-order valence-electron chi connectivity index (χ2n) is 5.12. The molecule has 20 heavy (non-hydrogen) atoms. The molecule has 1 N–H and O–H groups in total. The zero-order chi connectivity index (χ0) is 14.2. The van der Waals surface area contributed by atoms with Crippen LogP contribution >= 0.6 is 11.6 Å². The van der Waals surface area contributed by atoms with Crippen LogP contribution < -0.4 is 0 Å². The molecule has 3 nitrogen and oxygen atoms in total. The fourth-order valence-corrected chi connectivity index (χ4v) is 2.62. The molecule has 0 amide bonds. The van der Waals surface area contributed by atoms with Gasteiger partial charge in [0.05, 0.1) is 13.2 Å². The quantitative estimate of drug-likeness (QED) is 0.785. The van der Waals surface area contributed by atoms with Crippen LogP contribution in [0.1, 0.15) is 18.4 Å². The first kappa shape index (κ1) is 15.5. The van der Waals surface area contributed by atoms with E-state index in [4.69, 9.17) is 21.4 Å².